The molecule has 0 aromatic heterocycles. The molecule has 2 fully saturated rings. The quantitative estimate of drug-likeness (QED) is 0.881. The standard InChI is InChI=1S/C19H27N3O3/c1-19(2,3)16-15(12-22(16)18(24)25)20-14-9-10-21(11-14)17(23)13-7-5-4-6-8-13/h4-8,14-16,20H,9-12H2,1-3H3,(H,24,25)/t14?,15?,16-/m1/s1. The Morgan fingerprint density at radius 3 is 2.44 bits per heavy atom. The Balaban J connectivity index is 1.58. The van der Waals surface area contributed by atoms with Crippen molar-refractivity contribution in [1.29, 1.82) is 0 Å². The van der Waals surface area contributed by atoms with E-state index in [9.17, 15) is 14.7 Å². The van der Waals surface area contributed by atoms with Crippen molar-refractivity contribution in [3.05, 3.63) is 35.9 Å². The molecule has 1 aromatic carbocycles. The topological polar surface area (TPSA) is 72.9 Å². The second-order valence-electron chi connectivity index (χ2n) is 8.12. The molecule has 3 atom stereocenters. The molecule has 0 radical (unpaired) electrons. The number of nitrogens with zero attached hydrogens (tertiary/aromatic N) is 2. The predicted molar refractivity (Wildman–Crippen MR) is 95.6 cm³/mol. The van der Waals surface area contributed by atoms with E-state index in [0.717, 1.165) is 18.5 Å². The molecule has 2 aliphatic heterocycles. The highest BCUT2D eigenvalue weighted by atomic mass is 16.4. The Morgan fingerprint density at radius 1 is 1.16 bits per heavy atom. The van der Waals surface area contributed by atoms with Crippen LogP contribution in [0.4, 0.5) is 4.79 Å². The van der Waals surface area contributed by atoms with E-state index in [-0.39, 0.29) is 29.4 Å². The van der Waals surface area contributed by atoms with Gasteiger partial charge in [0.2, 0.25) is 0 Å². The third-order valence-corrected chi connectivity index (χ3v) is 5.19. The number of nitrogens with one attached hydrogen (secondary N) is 1. The van der Waals surface area contributed by atoms with E-state index in [1.807, 2.05) is 35.2 Å². The summed E-state index contributed by atoms with van der Waals surface area (Å²) < 4.78 is 0. The lowest BCUT2D eigenvalue weighted by atomic mass is 9.76. The summed E-state index contributed by atoms with van der Waals surface area (Å²) in [5.74, 6) is 0.0676. The van der Waals surface area contributed by atoms with Crippen LogP contribution in [0.3, 0.4) is 0 Å². The molecule has 136 valence electrons. The van der Waals surface area contributed by atoms with Crippen molar-refractivity contribution in [3.63, 3.8) is 0 Å². The first-order valence-corrected chi connectivity index (χ1v) is 8.87. The van der Waals surface area contributed by atoms with Crippen molar-refractivity contribution < 1.29 is 14.7 Å². The SMILES string of the molecule is CC(C)(C)[C@H]1C(NC2CCN(C(=O)c3ccccc3)C2)CN1C(=O)O. The molecule has 1 aromatic rings. The van der Waals surface area contributed by atoms with Gasteiger partial charge in [0.05, 0.1) is 6.04 Å². The van der Waals surface area contributed by atoms with Crippen LogP contribution in [0.1, 0.15) is 37.6 Å². The molecular weight excluding hydrogens is 318 g/mol. The van der Waals surface area contributed by atoms with Crippen LogP contribution in [0.15, 0.2) is 30.3 Å². The Hall–Kier alpha value is -2.08. The number of rotatable bonds is 3. The van der Waals surface area contributed by atoms with Crippen LogP contribution in [0.5, 0.6) is 0 Å². The van der Waals surface area contributed by atoms with Crippen LogP contribution < -0.4 is 5.32 Å². The lowest BCUT2D eigenvalue weighted by molar-refractivity contribution is -0.0157. The highest BCUT2D eigenvalue weighted by Crippen LogP contribution is 2.34. The largest absolute Gasteiger partial charge is 0.465 e. The molecule has 0 saturated carbocycles. The molecule has 2 N–H and O–H groups in total. The monoisotopic (exact) mass is 345 g/mol. The van der Waals surface area contributed by atoms with Gasteiger partial charge in [0.1, 0.15) is 0 Å². The number of carboxylic acid groups (broad SMARTS) is 1. The number of carbonyl (C=O) groups is 2. The zero-order valence-corrected chi connectivity index (χ0v) is 15.1. The maximum atomic E-state index is 12.5. The average molecular weight is 345 g/mol. The molecule has 2 unspecified atom stereocenters. The summed E-state index contributed by atoms with van der Waals surface area (Å²) >= 11 is 0. The molecule has 3 rings (SSSR count). The Kier molecular flexibility index (Phi) is 4.73. The van der Waals surface area contributed by atoms with E-state index in [1.165, 1.54) is 4.90 Å². The van der Waals surface area contributed by atoms with E-state index in [1.54, 1.807) is 0 Å². The highest BCUT2D eigenvalue weighted by Gasteiger charge is 2.49. The normalized spacial score (nSPS) is 26.4. The minimum absolute atomic E-state index is 0.0381. The Morgan fingerprint density at radius 2 is 1.84 bits per heavy atom. The van der Waals surface area contributed by atoms with Crippen LogP contribution >= 0.6 is 0 Å². The van der Waals surface area contributed by atoms with Crippen molar-refractivity contribution in [2.45, 2.75) is 45.3 Å². The molecule has 2 aliphatic rings. The first-order valence-electron chi connectivity index (χ1n) is 8.87. The summed E-state index contributed by atoms with van der Waals surface area (Å²) in [4.78, 5) is 27.3. The van der Waals surface area contributed by atoms with Gasteiger partial charge >= 0.3 is 6.09 Å². The molecule has 25 heavy (non-hydrogen) atoms. The van der Waals surface area contributed by atoms with E-state index in [0.29, 0.717) is 13.1 Å². The average Bonchev–Trinajstić information content (AvgIpc) is 2.97. The number of hydrogen-bond acceptors (Lipinski definition) is 3. The third kappa shape index (κ3) is 3.63. The van der Waals surface area contributed by atoms with Crippen LogP contribution in [0.2, 0.25) is 0 Å². The first-order chi connectivity index (χ1) is 11.8. The maximum absolute atomic E-state index is 12.5. The van der Waals surface area contributed by atoms with Gasteiger partial charge in [-0.25, -0.2) is 4.79 Å². The van der Waals surface area contributed by atoms with Gasteiger partial charge in [0.15, 0.2) is 0 Å². The maximum Gasteiger partial charge on any atom is 0.407 e. The number of carbonyl (C=O) groups excluding carboxylic acids is 1. The summed E-state index contributed by atoms with van der Waals surface area (Å²) in [6.07, 6.45) is 0.0456. The van der Waals surface area contributed by atoms with Crippen LogP contribution in [-0.2, 0) is 0 Å². The molecule has 2 saturated heterocycles. The summed E-state index contributed by atoms with van der Waals surface area (Å²) in [6.45, 7) is 8.14. The van der Waals surface area contributed by atoms with Crippen molar-refractivity contribution in [2.24, 2.45) is 5.41 Å². The van der Waals surface area contributed by atoms with Gasteiger partial charge in [-0.05, 0) is 24.0 Å². The molecule has 0 aliphatic carbocycles. The molecule has 2 amide bonds. The number of hydrogen-bond donors (Lipinski definition) is 2. The number of amides is 2. The molecular formula is C19H27N3O3. The smallest absolute Gasteiger partial charge is 0.407 e. The molecule has 6 heteroatoms. The molecule has 0 bridgehead atoms. The van der Waals surface area contributed by atoms with Crippen molar-refractivity contribution in [3.8, 4) is 0 Å². The fourth-order valence-corrected chi connectivity index (χ4v) is 4.06. The summed E-state index contributed by atoms with van der Waals surface area (Å²) in [5.41, 5.74) is 0.600. The highest BCUT2D eigenvalue weighted by molar-refractivity contribution is 5.94. The van der Waals surface area contributed by atoms with Crippen molar-refractivity contribution in [1.82, 2.24) is 15.1 Å². The van der Waals surface area contributed by atoms with Gasteiger partial charge in [-0.1, -0.05) is 39.0 Å². The first kappa shape index (κ1) is 17.7. The summed E-state index contributed by atoms with van der Waals surface area (Å²) in [6, 6.07) is 9.67. The minimum Gasteiger partial charge on any atom is -0.465 e. The molecule has 0 spiro atoms. The Bertz CT molecular complexity index is 641. The van der Waals surface area contributed by atoms with Crippen LogP contribution in [0, 0.1) is 5.41 Å². The third-order valence-electron chi connectivity index (χ3n) is 5.19. The fraction of sp³-hybridized carbons (Fsp3) is 0.579. The van der Waals surface area contributed by atoms with Crippen LogP contribution in [0.25, 0.3) is 0 Å². The zero-order valence-electron chi connectivity index (χ0n) is 15.1. The number of likely N-dealkylation sites (tertiary alicyclic amines) is 2. The van der Waals surface area contributed by atoms with Crippen LogP contribution in [-0.4, -0.2) is 64.7 Å². The predicted octanol–water partition coefficient (Wildman–Crippen LogP) is 2.27. The second kappa shape index (κ2) is 6.67. The lowest BCUT2D eigenvalue weighted by Crippen LogP contribution is -2.72. The minimum atomic E-state index is -0.856. The molecule has 6 nitrogen and oxygen atoms in total. The Labute approximate surface area is 148 Å². The van der Waals surface area contributed by atoms with E-state index < -0.39 is 6.09 Å². The second-order valence-corrected chi connectivity index (χ2v) is 8.12. The van der Waals surface area contributed by atoms with E-state index in [2.05, 4.69) is 26.1 Å². The zero-order chi connectivity index (χ0) is 18.2. The summed E-state index contributed by atoms with van der Waals surface area (Å²) in [7, 11) is 0. The van der Waals surface area contributed by atoms with E-state index >= 15 is 0 Å². The lowest BCUT2D eigenvalue weighted by Gasteiger charge is -2.53. The molecule has 2 heterocycles. The number of benzene rings is 1. The van der Waals surface area contributed by atoms with E-state index in [4.69, 9.17) is 0 Å². The van der Waals surface area contributed by atoms with Gasteiger partial charge in [0.25, 0.3) is 5.91 Å². The van der Waals surface area contributed by atoms with Gasteiger partial charge in [0, 0.05) is 37.3 Å². The van der Waals surface area contributed by atoms with Crippen molar-refractivity contribution >= 4 is 12.0 Å². The summed E-state index contributed by atoms with van der Waals surface area (Å²) in [5, 5.41) is 12.9. The van der Waals surface area contributed by atoms with Crippen molar-refractivity contribution in [2.75, 3.05) is 19.6 Å². The van der Waals surface area contributed by atoms with Gasteiger partial charge in [-0.3, -0.25) is 4.79 Å². The van der Waals surface area contributed by atoms with Gasteiger partial charge < -0.3 is 20.2 Å². The van der Waals surface area contributed by atoms with Gasteiger partial charge in [-0.15, -0.1) is 0 Å². The van der Waals surface area contributed by atoms with Gasteiger partial charge in [-0.2, -0.15) is 0 Å². The fourth-order valence-electron chi connectivity index (χ4n) is 4.06.